The highest BCUT2D eigenvalue weighted by Crippen LogP contribution is 2.38. The minimum Gasteiger partial charge on any atom is -0.369 e. The van der Waals surface area contributed by atoms with Crippen molar-refractivity contribution in [1.82, 2.24) is 4.98 Å². The Morgan fingerprint density at radius 3 is 3.06 bits per heavy atom. The fourth-order valence-electron chi connectivity index (χ4n) is 2.55. The summed E-state index contributed by atoms with van der Waals surface area (Å²) in [7, 11) is 0. The Bertz CT molecular complexity index is 697. The van der Waals surface area contributed by atoms with Gasteiger partial charge >= 0.3 is 0 Å². The van der Waals surface area contributed by atoms with Gasteiger partial charge in [-0.25, -0.2) is 4.98 Å². The second-order valence-electron chi connectivity index (χ2n) is 4.51. The van der Waals surface area contributed by atoms with E-state index in [9.17, 15) is 0 Å². The van der Waals surface area contributed by atoms with E-state index in [1.165, 1.54) is 26.1 Å². The molecule has 2 aromatic heterocycles. The monoisotopic (exact) mass is 252 g/mol. The molecule has 0 radical (unpaired) electrons. The predicted molar refractivity (Wildman–Crippen MR) is 77.2 cm³/mol. The Labute approximate surface area is 109 Å². The third-order valence-electron chi connectivity index (χ3n) is 3.41. The maximum absolute atomic E-state index is 4.39. The van der Waals surface area contributed by atoms with Gasteiger partial charge in [-0.1, -0.05) is 18.2 Å². The summed E-state index contributed by atoms with van der Waals surface area (Å²) in [5, 5.41) is 4.67. The van der Waals surface area contributed by atoms with Gasteiger partial charge in [0, 0.05) is 33.4 Å². The first-order valence-electron chi connectivity index (χ1n) is 6.12. The smallest absolute Gasteiger partial charge is 0.129 e. The number of pyridine rings is 1. The molecule has 3 heteroatoms. The summed E-state index contributed by atoms with van der Waals surface area (Å²) in [6.07, 6.45) is 2.98. The lowest BCUT2D eigenvalue weighted by molar-refractivity contribution is 1.11. The van der Waals surface area contributed by atoms with Gasteiger partial charge < -0.3 is 5.32 Å². The van der Waals surface area contributed by atoms with Crippen molar-refractivity contribution in [2.24, 2.45) is 0 Å². The van der Waals surface area contributed by atoms with Gasteiger partial charge in [0.05, 0.1) is 0 Å². The van der Waals surface area contributed by atoms with Crippen LogP contribution in [0.4, 0.5) is 5.82 Å². The molecule has 3 heterocycles. The number of fused-ring (bicyclic) bond motifs is 2. The molecular weight excluding hydrogens is 240 g/mol. The molecule has 0 aliphatic carbocycles. The van der Waals surface area contributed by atoms with Crippen molar-refractivity contribution < 1.29 is 0 Å². The number of rotatable bonds is 1. The zero-order valence-corrected chi connectivity index (χ0v) is 10.6. The zero-order chi connectivity index (χ0) is 11.9. The Kier molecular flexibility index (Phi) is 2.14. The Morgan fingerprint density at radius 2 is 2.11 bits per heavy atom. The van der Waals surface area contributed by atoms with Crippen LogP contribution in [0, 0.1) is 0 Å². The van der Waals surface area contributed by atoms with Gasteiger partial charge in [-0.3, -0.25) is 0 Å². The molecule has 0 amide bonds. The summed E-state index contributed by atoms with van der Waals surface area (Å²) in [5.74, 6) is 1.06. The van der Waals surface area contributed by atoms with E-state index in [1.807, 2.05) is 17.5 Å². The molecule has 0 fully saturated rings. The molecule has 0 saturated heterocycles. The Hall–Kier alpha value is -1.87. The number of benzene rings is 1. The van der Waals surface area contributed by atoms with Gasteiger partial charge in [0.2, 0.25) is 0 Å². The van der Waals surface area contributed by atoms with E-state index >= 15 is 0 Å². The molecule has 0 atom stereocenters. The summed E-state index contributed by atoms with van der Waals surface area (Å²) in [6.45, 7) is 1.00. The largest absolute Gasteiger partial charge is 0.369 e. The zero-order valence-electron chi connectivity index (χ0n) is 9.81. The number of nitrogens with zero attached hydrogens (tertiary/aromatic N) is 1. The lowest BCUT2D eigenvalue weighted by Gasteiger charge is -2.03. The second kappa shape index (κ2) is 3.82. The SMILES string of the molecule is c1ccc2sc(-c3ccnc4c3CCN4)cc2c1. The summed E-state index contributed by atoms with van der Waals surface area (Å²) in [6, 6.07) is 13.0. The topological polar surface area (TPSA) is 24.9 Å². The van der Waals surface area contributed by atoms with Crippen molar-refractivity contribution in [3.8, 4) is 10.4 Å². The third-order valence-corrected chi connectivity index (χ3v) is 4.56. The van der Waals surface area contributed by atoms with Crippen molar-refractivity contribution in [2.75, 3.05) is 11.9 Å². The molecule has 1 aromatic carbocycles. The number of nitrogens with one attached hydrogen (secondary N) is 1. The van der Waals surface area contributed by atoms with Crippen molar-refractivity contribution in [3.63, 3.8) is 0 Å². The summed E-state index contributed by atoms with van der Waals surface area (Å²) >= 11 is 1.86. The number of thiophene rings is 1. The van der Waals surface area contributed by atoms with Crippen LogP contribution in [0.2, 0.25) is 0 Å². The lowest BCUT2D eigenvalue weighted by Crippen LogP contribution is -1.92. The average molecular weight is 252 g/mol. The van der Waals surface area contributed by atoms with Crippen LogP contribution in [0.5, 0.6) is 0 Å². The van der Waals surface area contributed by atoms with Crippen LogP contribution in [0.3, 0.4) is 0 Å². The summed E-state index contributed by atoms with van der Waals surface area (Å²) in [5.41, 5.74) is 2.70. The molecule has 1 aliphatic rings. The first-order valence-corrected chi connectivity index (χ1v) is 6.94. The maximum Gasteiger partial charge on any atom is 0.129 e. The van der Waals surface area contributed by atoms with E-state index in [0.717, 1.165) is 18.8 Å². The Morgan fingerprint density at radius 1 is 1.17 bits per heavy atom. The van der Waals surface area contributed by atoms with Gasteiger partial charge in [-0.05, 0) is 30.0 Å². The predicted octanol–water partition coefficient (Wildman–Crippen LogP) is 3.93. The van der Waals surface area contributed by atoms with E-state index in [0.29, 0.717) is 0 Å². The molecule has 0 saturated carbocycles. The first-order chi connectivity index (χ1) is 8.92. The van der Waals surface area contributed by atoms with E-state index in [2.05, 4.69) is 46.7 Å². The van der Waals surface area contributed by atoms with Gasteiger partial charge in [-0.15, -0.1) is 11.3 Å². The molecule has 0 unspecified atom stereocenters. The van der Waals surface area contributed by atoms with E-state index in [1.54, 1.807) is 0 Å². The van der Waals surface area contributed by atoms with Gasteiger partial charge in [0.25, 0.3) is 0 Å². The molecule has 0 bridgehead atoms. The number of aromatic nitrogens is 1. The molecule has 0 spiro atoms. The van der Waals surface area contributed by atoms with Crippen LogP contribution < -0.4 is 5.32 Å². The molecule has 1 aliphatic heterocycles. The van der Waals surface area contributed by atoms with E-state index in [4.69, 9.17) is 0 Å². The molecule has 4 rings (SSSR count). The van der Waals surface area contributed by atoms with Crippen LogP contribution in [0.15, 0.2) is 42.6 Å². The van der Waals surface area contributed by atoms with Crippen LogP contribution >= 0.6 is 11.3 Å². The molecule has 1 N–H and O–H groups in total. The van der Waals surface area contributed by atoms with Crippen LogP contribution in [0.25, 0.3) is 20.5 Å². The summed E-state index contributed by atoms with van der Waals surface area (Å²) < 4.78 is 1.35. The van der Waals surface area contributed by atoms with E-state index in [-0.39, 0.29) is 0 Å². The maximum atomic E-state index is 4.39. The highest BCUT2D eigenvalue weighted by molar-refractivity contribution is 7.22. The molecular formula is C15H12N2S. The van der Waals surface area contributed by atoms with Crippen molar-refractivity contribution in [3.05, 3.63) is 48.2 Å². The molecule has 88 valence electrons. The lowest BCUT2D eigenvalue weighted by atomic mass is 10.1. The normalized spacial score (nSPS) is 13.6. The third kappa shape index (κ3) is 1.44. The Balaban J connectivity index is 1.95. The van der Waals surface area contributed by atoms with Crippen molar-refractivity contribution in [1.29, 1.82) is 0 Å². The molecule has 18 heavy (non-hydrogen) atoms. The van der Waals surface area contributed by atoms with Crippen molar-refractivity contribution >= 4 is 27.2 Å². The van der Waals surface area contributed by atoms with Crippen molar-refractivity contribution in [2.45, 2.75) is 6.42 Å². The highest BCUT2D eigenvalue weighted by Gasteiger charge is 2.17. The average Bonchev–Trinajstić information content (AvgIpc) is 3.04. The minimum atomic E-state index is 1.00. The van der Waals surface area contributed by atoms with Gasteiger partial charge in [-0.2, -0.15) is 0 Å². The van der Waals surface area contributed by atoms with Crippen LogP contribution in [-0.4, -0.2) is 11.5 Å². The first kappa shape index (κ1) is 10.1. The molecule has 2 nitrogen and oxygen atoms in total. The fraction of sp³-hybridized carbons (Fsp3) is 0.133. The standard InChI is InChI=1S/C15H12N2S/c1-2-4-13-10(3-1)9-14(18-13)11-5-7-16-15-12(11)6-8-17-15/h1-5,7,9H,6,8H2,(H,16,17). The number of hydrogen-bond donors (Lipinski definition) is 1. The number of hydrogen-bond acceptors (Lipinski definition) is 3. The van der Waals surface area contributed by atoms with Crippen LogP contribution in [-0.2, 0) is 6.42 Å². The van der Waals surface area contributed by atoms with Gasteiger partial charge in [0.1, 0.15) is 5.82 Å². The number of anilines is 1. The molecule has 3 aromatic rings. The van der Waals surface area contributed by atoms with Gasteiger partial charge in [0.15, 0.2) is 0 Å². The van der Waals surface area contributed by atoms with Crippen LogP contribution in [0.1, 0.15) is 5.56 Å². The quantitative estimate of drug-likeness (QED) is 0.709. The summed E-state index contributed by atoms with van der Waals surface area (Å²) in [4.78, 5) is 5.74. The minimum absolute atomic E-state index is 1.00. The van der Waals surface area contributed by atoms with E-state index < -0.39 is 0 Å². The second-order valence-corrected chi connectivity index (χ2v) is 5.59. The fourth-order valence-corrected chi connectivity index (χ4v) is 3.66. The highest BCUT2D eigenvalue weighted by atomic mass is 32.1.